The number of carbonyl (C=O) groups is 1. The van der Waals surface area contributed by atoms with E-state index in [1.807, 2.05) is 37.3 Å². The van der Waals surface area contributed by atoms with Crippen molar-refractivity contribution >= 4 is 6.09 Å². The average molecular weight is 216 g/mol. The topological polar surface area (TPSA) is 44.1 Å². The molecule has 4 heteroatoms. The molecule has 0 saturated heterocycles. The molecule has 1 aromatic heterocycles. The van der Waals surface area contributed by atoms with Crippen LogP contribution in [0, 0.1) is 0 Å². The van der Waals surface area contributed by atoms with Crippen LogP contribution in [0.4, 0.5) is 4.79 Å². The first-order chi connectivity index (χ1) is 7.77. The van der Waals surface area contributed by atoms with E-state index in [0.29, 0.717) is 0 Å². The Hall–Kier alpha value is -2.10. The number of imidazole rings is 1. The number of ether oxygens (including phenoxy) is 1. The van der Waals surface area contributed by atoms with Crippen molar-refractivity contribution in [3.8, 4) is 0 Å². The number of rotatable bonds is 2. The minimum absolute atomic E-state index is 0.268. The van der Waals surface area contributed by atoms with Crippen LogP contribution in [0.2, 0.25) is 0 Å². The van der Waals surface area contributed by atoms with Crippen LogP contribution >= 0.6 is 0 Å². The Balaban J connectivity index is 2.03. The van der Waals surface area contributed by atoms with Crippen LogP contribution in [0.15, 0.2) is 49.1 Å². The number of hydrogen-bond donors (Lipinski definition) is 0. The van der Waals surface area contributed by atoms with E-state index in [1.54, 1.807) is 6.20 Å². The van der Waals surface area contributed by atoms with Crippen LogP contribution < -0.4 is 0 Å². The van der Waals surface area contributed by atoms with Crippen LogP contribution in [-0.2, 0) is 4.74 Å². The lowest BCUT2D eigenvalue weighted by Gasteiger charge is -2.13. The van der Waals surface area contributed by atoms with Gasteiger partial charge >= 0.3 is 6.09 Å². The van der Waals surface area contributed by atoms with E-state index in [2.05, 4.69) is 4.98 Å². The minimum Gasteiger partial charge on any atom is -0.441 e. The van der Waals surface area contributed by atoms with Crippen molar-refractivity contribution in [1.29, 1.82) is 0 Å². The van der Waals surface area contributed by atoms with Gasteiger partial charge in [0.2, 0.25) is 0 Å². The molecule has 0 N–H and O–H groups in total. The molecule has 4 nitrogen and oxygen atoms in total. The quantitative estimate of drug-likeness (QED) is 0.775. The van der Waals surface area contributed by atoms with Gasteiger partial charge in [-0.1, -0.05) is 30.3 Å². The fourth-order valence-electron chi connectivity index (χ4n) is 1.37. The molecule has 1 heterocycles. The largest absolute Gasteiger partial charge is 0.441 e. The second kappa shape index (κ2) is 4.61. The Morgan fingerprint density at radius 3 is 2.75 bits per heavy atom. The van der Waals surface area contributed by atoms with Gasteiger partial charge in [0.15, 0.2) is 0 Å². The molecular weight excluding hydrogens is 204 g/mol. The highest BCUT2D eigenvalue weighted by atomic mass is 16.6. The molecule has 0 radical (unpaired) electrons. The molecule has 2 rings (SSSR count). The van der Waals surface area contributed by atoms with Gasteiger partial charge < -0.3 is 4.74 Å². The lowest BCUT2D eigenvalue weighted by molar-refractivity contribution is 0.108. The van der Waals surface area contributed by atoms with E-state index < -0.39 is 6.09 Å². The molecule has 1 atom stereocenters. The molecule has 16 heavy (non-hydrogen) atoms. The van der Waals surface area contributed by atoms with Crippen molar-refractivity contribution in [3.05, 3.63) is 54.6 Å². The van der Waals surface area contributed by atoms with Crippen LogP contribution in [0.1, 0.15) is 18.6 Å². The molecule has 0 aliphatic carbocycles. The van der Waals surface area contributed by atoms with Crippen LogP contribution in [0.3, 0.4) is 0 Å². The lowest BCUT2D eigenvalue weighted by Crippen LogP contribution is -2.14. The molecule has 1 unspecified atom stereocenters. The van der Waals surface area contributed by atoms with Gasteiger partial charge in [-0.3, -0.25) is 0 Å². The van der Waals surface area contributed by atoms with Crippen LogP contribution in [-0.4, -0.2) is 15.6 Å². The standard InChI is InChI=1S/C12H12N2O2/c1-10(11-5-3-2-4-6-11)16-12(15)14-8-7-13-9-14/h2-10H,1H3. The summed E-state index contributed by atoms with van der Waals surface area (Å²) in [6, 6.07) is 9.60. The van der Waals surface area contributed by atoms with E-state index in [1.165, 1.54) is 17.1 Å². The van der Waals surface area contributed by atoms with E-state index >= 15 is 0 Å². The molecule has 0 saturated carbocycles. The predicted octanol–water partition coefficient (Wildman–Crippen LogP) is 2.63. The molecule has 2 aromatic rings. The summed E-state index contributed by atoms with van der Waals surface area (Å²) >= 11 is 0. The zero-order valence-electron chi connectivity index (χ0n) is 8.91. The molecule has 0 aliphatic heterocycles. The molecule has 0 amide bonds. The number of aromatic nitrogens is 2. The van der Waals surface area contributed by atoms with Crippen molar-refractivity contribution in [2.24, 2.45) is 0 Å². The third-order valence-corrected chi connectivity index (χ3v) is 2.26. The average Bonchev–Trinajstić information content (AvgIpc) is 2.83. The molecule has 0 aliphatic rings. The molecular formula is C12H12N2O2. The normalized spacial score (nSPS) is 12.1. The smallest absolute Gasteiger partial charge is 0.419 e. The van der Waals surface area contributed by atoms with Crippen molar-refractivity contribution in [1.82, 2.24) is 9.55 Å². The number of nitrogens with zero attached hydrogens (tertiary/aromatic N) is 2. The maximum Gasteiger partial charge on any atom is 0.419 e. The summed E-state index contributed by atoms with van der Waals surface area (Å²) in [7, 11) is 0. The highest BCUT2D eigenvalue weighted by molar-refractivity contribution is 5.70. The molecule has 0 fully saturated rings. The SMILES string of the molecule is CC(OC(=O)n1ccnc1)c1ccccc1. The van der Waals surface area contributed by atoms with Gasteiger partial charge in [-0.25, -0.2) is 14.3 Å². The zero-order chi connectivity index (χ0) is 11.4. The Labute approximate surface area is 93.5 Å². The highest BCUT2D eigenvalue weighted by Gasteiger charge is 2.12. The van der Waals surface area contributed by atoms with E-state index in [-0.39, 0.29) is 6.10 Å². The summed E-state index contributed by atoms with van der Waals surface area (Å²) in [6.45, 7) is 1.84. The predicted molar refractivity (Wildman–Crippen MR) is 59.0 cm³/mol. The summed E-state index contributed by atoms with van der Waals surface area (Å²) in [5.74, 6) is 0. The number of hydrogen-bond acceptors (Lipinski definition) is 3. The zero-order valence-corrected chi connectivity index (χ0v) is 8.91. The summed E-state index contributed by atoms with van der Waals surface area (Å²) in [6.07, 6.45) is 3.82. The maximum absolute atomic E-state index is 11.6. The summed E-state index contributed by atoms with van der Waals surface area (Å²) in [5.41, 5.74) is 0.968. The Morgan fingerprint density at radius 1 is 1.38 bits per heavy atom. The van der Waals surface area contributed by atoms with Gasteiger partial charge in [0.05, 0.1) is 0 Å². The lowest BCUT2D eigenvalue weighted by atomic mass is 10.1. The van der Waals surface area contributed by atoms with Gasteiger partial charge in [-0.15, -0.1) is 0 Å². The molecule has 82 valence electrons. The summed E-state index contributed by atoms with van der Waals surface area (Å²) in [5, 5.41) is 0. The molecule has 1 aromatic carbocycles. The minimum atomic E-state index is -0.422. The van der Waals surface area contributed by atoms with Gasteiger partial charge in [0.25, 0.3) is 0 Å². The third kappa shape index (κ3) is 2.28. The van der Waals surface area contributed by atoms with E-state index in [0.717, 1.165) is 5.56 Å². The van der Waals surface area contributed by atoms with Crippen molar-refractivity contribution in [2.75, 3.05) is 0 Å². The van der Waals surface area contributed by atoms with Gasteiger partial charge in [-0.2, -0.15) is 0 Å². The van der Waals surface area contributed by atoms with Gasteiger partial charge in [0, 0.05) is 12.4 Å². The van der Waals surface area contributed by atoms with E-state index in [4.69, 9.17) is 4.74 Å². The van der Waals surface area contributed by atoms with Gasteiger partial charge in [-0.05, 0) is 12.5 Å². The van der Waals surface area contributed by atoms with E-state index in [9.17, 15) is 4.79 Å². The summed E-state index contributed by atoms with van der Waals surface area (Å²) in [4.78, 5) is 15.4. The number of benzene rings is 1. The second-order valence-electron chi connectivity index (χ2n) is 3.41. The monoisotopic (exact) mass is 216 g/mol. The molecule has 0 bridgehead atoms. The van der Waals surface area contributed by atoms with Crippen molar-refractivity contribution in [2.45, 2.75) is 13.0 Å². The fraction of sp³-hybridized carbons (Fsp3) is 0.167. The first kappa shape index (κ1) is 10.4. The fourth-order valence-corrected chi connectivity index (χ4v) is 1.37. The third-order valence-electron chi connectivity index (χ3n) is 2.26. The van der Waals surface area contributed by atoms with Crippen molar-refractivity contribution < 1.29 is 9.53 Å². The highest BCUT2D eigenvalue weighted by Crippen LogP contribution is 2.16. The summed E-state index contributed by atoms with van der Waals surface area (Å²) < 4.78 is 6.57. The Kier molecular flexibility index (Phi) is 3.00. The number of carbonyl (C=O) groups excluding carboxylic acids is 1. The van der Waals surface area contributed by atoms with Crippen molar-refractivity contribution in [3.63, 3.8) is 0 Å². The Bertz CT molecular complexity index is 451. The Morgan fingerprint density at radius 2 is 2.12 bits per heavy atom. The maximum atomic E-state index is 11.6. The molecule has 0 spiro atoms. The first-order valence-electron chi connectivity index (χ1n) is 5.01. The van der Waals surface area contributed by atoms with Crippen LogP contribution in [0.25, 0.3) is 0 Å². The van der Waals surface area contributed by atoms with Gasteiger partial charge in [0.1, 0.15) is 12.4 Å². The second-order valence-corrected chi connectivity index (χ2v) is 3.41. The van der Waals surface area contributed by atoms with Crippen LogP contribution in [0.5, 0.6) is 0 Å². The first-order valence-corrected chi connectivity index (χ1v) is 5.01.